The van der Waals surface area contributed by atoms with Crippen molar-refractivity contribution in [2.45, 2.75) is 26.7 Å². The first kappa shape index (κ1) is 8.25. The van der Waals surface area contributed by atoms with E-state index < -0.39 is 0 Å². The minimum Gasteiger partial charge on any atom is -0.205 e. The zero-order valence-corrected chi connectivity index (χ0v) is 7.59. The lowest BCUT2D eigenvalue weighted by atomic mass is 10.2. The summed E-state index contributed by atoms with van der Waals surface area (Å²) in [5.74, 6) is 0. The topological polar surface area (TPSA) is 3.88 Å². The number of hydrogen-bond acceptors (Lipinski definition) is 0. The Morgan fingerprint density at radius 1 is 1.36 bits per heavy atom. The second-order valence-corrected chi connectivity index (χ2v) is 3.06. The van der Waals surface area contributed by atoms with Crippen molar-refractivity contribution in [3.63, 3.8) is 0 Å². The Morgan fingerprint density at radius 3 is 2.64 bits per heavy atom. The van der Waals surface area contributed by atoms with Gasteiger partial charge in [0.25, 0.3) is 0 Å². The highest BCUT2D eigenvalue weighted by molar-refractivity contribution is 5.07. The molecule has 0 aliphatic heterocycles. The average Bonchev–Trinajstić information content (AvgIpc) is 1.95. The molecule has 0 atom stereocenters. The van der Waals surface area contributed by atoms with E-state index in [2.05, 4.69) is 43.8 Å². The maximum atomic E-state index is 2.21. The minimum absolute atomic E-state index is 1.18. The van der Waals surface area contributed by atoms with Crippen LogP contribution in [-0.2, 0) is 13.5 Å². The molecule has 0 radical (unpaired) electrons. The predicted molar refractivity (Wildman–Crippen MR) is 46.4 cm³/mol. The van der Waals surface area contributed by atoms with Crippen LogP contribution < -0.4 is 4.57 Å². The number of rotatable bonds is 2. The van der Waals surface area contributed by atoms with Gasteiger partial charge in [-0.3, -0.25) is 0 Å². The lowest BCUT2D eigenvalue weighted by Gasteiger charge is -1.97. The molecule has 0 N–H and O–H groups in total. The van der Waals surface area contributed by atoms with Crippen LogP contribution in [0.4, 0.5) is 0 Å². The van der Waals surface area contributed by atoms with Crippen molar-refractivity contribution in [2.75, 3.05) is 0 Å². The maximum absolute atomic E-state index is 2.21. The molecule has 0 fully saturated rings. The monoisotopic (exact) mass is 150 g/mol. The Kier molecular flexibility index (Phi) is 2.64. The SMILES string of the molecule is CCCc1ccc(C)c[n+]1C. The van der Waals surface area contributed by atoms with Crippen molar-refractivity contribution >= 4 is 0 Å². The van der Waals surface area contributed by atoms with Crippen molar-refractivity contribution in [1.29, 1.82) is 0 Å². The molecule has 0 bridgehead atoms. The Bertz CT molecular complexity index is 241. The third kappa shape index (κ3) is 2.04. The zero-order chi connectivity index (χ0) is 8.27. The zero-order valence-electron chi connectivity index (χ0n) is 7.59. The van der Waals surface area contributed by atoms with E-state index in [1.54, 1.807) is 0 Å². The number of aryl methyl sites for hydroxylation is 3. The molecule has 0 spiro atoms. The molecule has 60 valence electrons. The highest BCUT2D eigenvalue weighted by Crippen LogP contribution is 1.98. The standard InChI is InChI=1S/C10H16N/c1-4-5-10-7-6-9(2)8-11(10)3/h6-8H,4-5H2,1-3H3/q+1. The van der Waals surface area contributed by atoms with Gasteiger partial charge in [-0.25, -0.2) is 4.57 Å². The van der Waals surface area contributed by atoms with E-state index in [9.17, 15) is 0 Å². The first-order chi connectivity index (χ1) is 5.24. The highest BCUT2D eigenvalue weighted by atomic mass is 14.9. The van der Waals surface area contributed by atoms with Crippen molar-refractivity contribution < 1.29 is 4.57 Å². The van der Waals surface area contributed by atoms with Crippen LogP contribution in [0.2, 0.25) is 0 Å². The molecule has 11 heavy (non-hydrogen) atoms. The largest absolute Gasteiger partial charge is 0.205 e. The number of pyridine rings is 1. The summed E-state index contributed by atoms with van der Waals surface area (Å²) in [6.45, 7) is 4.33. The van der Waals surface area contributed by atoms with Crippen LogP contribution in [0.3, 0.4) is 0 Å². The van der Waals surface area contributed by atoms with Gasteiger partial charge in [-0.1, -0.05) is 6.92 Å². The van der Waals surface area contributed by atoms with Gasteiger partial charge in [-0.2, -0.15) is 0 Å². The average molecular weight is 150 g/mol. The predicted octanol–water partition coefficient (Wildman–Crippen LogP) is 1.77. The molecule has 0 saturated carbocycles. The fourth-order valence-electron chi connectivity index (χ4n) is 1.29. The highest BCUT2D eigenvalue weighted by Gasteiger charge is 2.03. The molecule has 1 heterocycles. The minimum atomic E-state index is 1.18. The lowest BCUT2D eigenvalue weighted by molar-refractivity contribution is -0.679. The van der Waals surface area contributed by atoms with Crippen LogP contribution in [0.1, 0.15) is 24.6 Å². The van der Waals surface area contributed by atoms with Crippen molar-refractivity contribution in [3.05, 3.63) is 29.6 Å². The summed E-state index contributed by atoms with van der Waals surface area (Å²) in [4.78, 5) is 0. The van der Waals surface area contributed by atoms with Gasteiger partial charge in [0.15, 0.2) is 11.9 Å². The first-order valence-corrected chi connectivity index (χ1v) is 4.19. The van der Waals surface area contributed by atoms with Gasteiger partial charge in [-0.05, 0) is 19.4 Å². The number of aromatic nitrogens is 1. The summed E-state index contributed by atoms with van der Waals surface area (Å²) in [5.41, 5.74) is 2.74. The smallest absolute Gasteiger partial charge is 0.181 e. The van der Waals surface area contributed by atoms with E-state index in [4.69, 9.17) is 0 Å². The van der Waals surface area contributed by atoms with E-state index in [1.165, 1.54) is 24.1 Å². The van der Waals surface area contributed by atoms with Crippen molar-refractivity contribution in [1.82, 2.24) is 0 Å². The van der Waals surface area contributed by atoms with E-state index >= 15 is 0 Å². The van der Waals surface area contributed by atoms with Gasteiger partial charge in [-0.15, -0.1) is 0 Å². The molecule has 1 nitrogen and oxygen atoms in total. The van der Waals surface area contributed by atoms with Crippen LogP contribution in [0, 0.1) is 6.92 Å². The van der Waals surface area contributed by atoms with Crippen LogP contribution in [-0.4, -0.2) is 0 Å². The second kappa shape index (κ2) is 3.51. The molecule has 0 unspecified atom stereocenters. The molecule has 0 aromatic carbocycles. The molecular formula is C10H16N+. The molecule has 1 heteroatoms. The second-order valence-electron chi connectivity index (χ2n) is 3.06. The molecule has 0 saturated heterocycles. The summed E-state index contributed by atoms with van der Waals surface area (Å²) in [5, 5.41) is 0. The third-order valence-electron chi connectivity index (χ3n) is 1.90. The van der Waals surface area contributed by atoms with Crippen LogP contribution in [0.25, 0.3) is 0 Å². The molecule has 0 amide bonds. The summed E-state index contributed by atoms with van der Waals surface area (Å²) in [7, 11) is 2.11. The van der Waals surface area contributed by atoms with E-state index in [-0.39, 0.29) is 0 Å². The fourth-order valence-corrected chi connectivity index (χ4v) is 1.29. The Hall–Kier alpha value is -0.850. The normalized spacial score (nSPS) is 10.1. The van der Waals surface area contributed by atoms with E-state index in [0.717, 1.165) is 0 Å². The van der Waals surface area contributed by atoms with Gasteiger partial charge < -0.3 is 0 Å². The van der Waals surface area contributed by atoms with Crippen LogP contribution >= 0.6 is 0 Å². The van der Waals surface area contributed by atoms with Gasteiger partial charge in [0.1, 0.15) is 7.05 Å². The van der Waals surface area contributed by atoms with Crippen molar-refractivity contribution in [3.8, 4) is 0 Å². The third-order valence-corrected chi connectivity index (χ3v) is 1.90. The Balaban J connectivity index is 2.90. The van der Waals surface area contributed by atoms with Gasteiger partial charge in [0.2, 0.25) is 0 Å². The van der Waals surface area contributed by atoms with Gasteiger partial charge in [0, 0.05) is 18.1 Å². The van der Waals surface area contributed by atoms with Crippen LogP contribution in [0.15, 0.2) is 18.3 Å². The van der Waals surface area contributed by atoms with E-state index in [1.807, 2.05) is 0 Å². The van der Waals surface area contributed by atoms with Gasteiger partial charge >= 0.3 is 0 Å². The summed E-state index contributed by atoms with van der Waals surface area (Å²) in [6.07, 6.45) is 4.57. The molecular weight excluding hydrogens is 134 g/mol. The Labute approximate surface area is 68.7 Å². The van der Waals surface area contributed by atoms with Gasteiger partial charge in [0.05, 0.1) is 0 Å². The lowest BCUT2D eigenvalue weighted by Crippen LogP contribution is -2.33. The van der Waals surface area contributed by atoms with Crippen LogP contribution in [0.5, 0.6) is 0 Å². The quantitative estimate of drug-likeness (QED) is 0.566. The molecule has 0 aliphatic rings. The van der Waals surface area contributed by atoms with E-state index in [0.29, 0.717) is 0 Å². The fraction of sp³-hybridized carbons (Fsp3) is 0.500. The number of hydrogen-bond donors (Lipinski definition) is 0. The summed E-state index contributed by atoms with van der Waals surface area (Å²) < 4.78 is 2.21. The summed E-state index contributed by atoms with van der Waals surface area (Å²) >= 11 is 0. The molecule has 1 aromatic rings. The first-order valence-electron chi connectivity index (χ1n) is 4.19. The summed E-state index contributed by atoms with van der Waals surface area (Å²) in [6, 6.07) is 4.38. The maximum Gasteiger partial charge on any atom is 0.181 e. The molecule has 1 rings (SSSR count). The van der Waals surface area contributed by atoms with Crippen molar-refractivity contribution in [2.24, 2.45) is 7.05 Å². The molecule has 0 aliphatic carbocycles. The molecule has 1 aromatic heterocycles. The number of nitrogens with zero attached hydrogens (tertiary/aromatic N) is 1. The Morgan fingerprint density at radius 2 is 2.09 bits per heavy atom.